The van der Waals surface area contributed by atoms with Crippen molar-refractivity contribution in [2.75, 3.05) is 0 Å². The van der Waals surface area contributed by atoms with Crippen molar-refractivity contribution in [3.63, 3.8) is 0 Å². The molecule has 94 valence electrons. The number of aromatic nitrogens is 3. The summed E-state index contributed by atoms with van der Waals surface area (Å²) < 4.78 is 1.28. The number of hydrogen-bond donors (Lipinski definition) is 0. The summed E-state index contributed by atoms with van der Waals surface area (Å²) in [7, 11) is 0. The highest BCUT2D eigenvalue weighted by Crippen LogP contribution is 2.23. The Kier molecular flexibility index (Phi) is 3.70. The largest absolute Gasteiger partial charge is 0.408 e. The maximum atomic E-state index is 10.6. The minimum atomic E-state index is -0.661. The molecule has 0 aliphatic carbocycles. The molecule has 0 aliphatic heterocycles. The van der Waals surface area contributed by atoms with Crippen molar-refractivity contribution < 1.29 is 4.92 Å². The molecule has 6 nitrogen and oxygen atoms in total. The van der Waals surface area contributed by atoms with Gasteiger partial charge in [-0.2, -0.15) is 4.68 Å². The molecule has 0 spiro atoms. The topological polar surface area (TPSA) is 73.8 Å². The minimum absolute atomic E-state index is 0.0434. The zero-order valence-corrected chi connectivity index (χ0v) is 10.9. The maximum Gasteiger partial charge on any atom is 0.408 e. The van der Waals surface area contributed by atoms with Crippen molar-refractivity contribution in [3.8, 4) is 0 Å². The van der Waals surface area contributed by atoms with Gasteiger partial charge in [0.1, 0.15) is 11.7 Å². The van der Waals surface area contributed by atoms with E-state index >= 15 is 0 Å². The summed E-state index contributed by atoms with van der Waals surface area (Å²) in [6, 6.07) is 3.14. The Morgan fingerprint density at radius 3 is 2.61 bits per heavy atom. The number of hydrogen-bond acceptors (Lipinski definition) is 4. The molecule has 0 bridgehead atoms. The van der Waals surface area contributed by atoms with Crippen LogP contribution in [0.1, 0.15) is 5.69 Å². The van der Waals surface area contributed by atoms with Crippen LogP contribution in [0.3, 0.4) is 0 Å². The zero-order chi connectivity index (χ0) is 13.3. The van der Waals surface area contributed by atoms with Crippen molar-refractivity contribution in [2.24, 2.45) is 0 Å². The van der Waals surface area contributed by atoms with E-state index in [1.54, 1.807) is 12.1 Å². The van der Waals surface area contributed by atoms with Gasteiger partial charge in [0.15, 0.2) is 5.02 Å². The van der Waals surface area contributed by atoms with Gasteiger partial charge in [-0.05, 0) is 17.1 Å². The van der Waals surface area contributed by atoms with Gasteiger partial charge in [-0.15, -0.1) is 0 Å². The van der Waals surface area contributed by atoms with E-state index < -0.39 is 10.7 Å². The van der Waals surface area contributed by atoms with E-state index in [0.29, 0.717) is 10.7 Å². The van der Waals surface area contributed by atoms with Crippen LogP contribution in [0.5, 0.6) is 0 Å². The van der Waals surface area contributed by atoms with E-state index in [0.717, 1.165) is 0 Å². The summed E-state index contributed by atoms with van der Waals surface area (Å²) in [5.41, 5.74) is 0.457. The van der Waals surface area contributed by atoms with Crippen LogP contribution in [0.4, 0.5) is 5.82 Å². The molecule has 2 heterocycles. The number of pyridine rings is 1. The molecule has 0 saturated carbocycles. The number of halogens is 3. The lowest BCUT2D eigenvalue weighted by molar-refractivity contribution is -0.389. The lowest BCUT2D eigenvalue weighted by Gasteiger charge is -2.01. The molecule has 0 aliphatic rings. The van der Waals surface area contributed by atoms with Gasteiger partial charge in [-0.25, -0.2) is 4.98 Å². The van der Waals surface area contributed by atoms with Gasteiger partial charge in [0.25, 0.3) is 0 Å². The Morgan fingerprint density at radius 1 is 1.28 bits per heavy atom. The van der Waals surface area contributed by atoms with Crippen LogP contribution >= 0.6 is 34.8 Å². The summed E-state index contributed by atoms with van der Waals surface area (Å²) in [5.74, 6) is -0.408. The second kappa shape index (κ2) is 5.09. The quantitative estimate of drug-likeness (QED) is 0.496. The Hall–Kier alpha value is -1.37. The maximum absolute atomic E-state index is 10.6. The van der Waals surface area contributed by atoms with Gasteiger partial charge >= 0.3 is 5.82 Å². The first-order chi connectivity index (χ1) is 8.47. The first-order valence-electron chi connectivity index (χ1n) is 4.65. The molecule has 0 unspecified atom stereocenters. The van der Waals surface area contributed by atoms with Crippen molar-refractivity contribution in [1.82, 2.24) is 14.8 Å². The zero-order valence-electron chi connectivity index (χ0n) is 8.68. The molecule has 0 atom stereocenters. The van der Waals surface area contributed by atoms with E-state index in [-0.39, 0.29) is 16.7 Å². The van der Waals surface area contributed by atoms with Crippen LogP contribution in [0.25, 0.3) is 0 Å². The van der Waals surface area contributed by atoms with E-state index in [1.165, 1.54) is 10.9 Å². The third kappa shape index (κ3) is 2.72. The van der Waals surface area contributed by atoms with Crippen LogP contribution in [0.2, 0.25) is 15.2 Å². The number of rotatable bonds is 3. The molecule has 0 radical (unpaired) electrons. The van der Waals surface area contributed by atoms with Crippen molar-refractivity contribution in [2.45, 2.75) is 6.54 Å². The molecule has 0 N–H and O–H groups in total. The molecule has 0 saturated heterocycles. The van der Waals surface area contributed by atoms with Crippen molar-refractivity contribution >= 4 is 40.6 Å². The molecule has 0 amide bonds. The normalized spacial score (nSPS) is 10.6. The van der Waals surface area contributed by atoms with Crippen LogP contribution in [0, 0.1) is 10.1 Å². The van der Waals surface area contributed by atoms with E-state index in [4.69, 9.17) is 34.8 Å². The molecule has 9 heteroatoms. The van der Waals surface area contributed by atoms with Gasteiger partial charge in [-0.3, -0.25) is 0 Å². The van der Waals surface area contributed by atoms with Crippen molar-refractivity contribution in [3.05, 3.63) is 49.3 Å². The van der Waals surface area contributed by atoms with Gasteiger partial charge < -0.3 is 10.1 Å². The predicted molar refractivity (Wildman–Crippen MR) is 67.3 cm³/mol. The average molecular weight is 308 g/mol. The Bertz CT molecular complexity index is 614. The Morgan fingerprint density at radius 2 is 2.00 bits per heavy atom. The first-order valence-corrected chi connectivity index (χ1v) is 5.79. The SMILES string of the molecule is O=[N+]([O-])c1nn(Cc2nc(Cl)ccc2Cl)cc1Cl. The van der Waals surface area contributed by atoms with Crippen LogP contribution < -0.4 is 0 Å². The molecule has 0 aromatic carbocycles. The summed E-state index contributed by atoms with van der Waals surface area (Å²) >= 11 is 17.3. The molecule has 18 heavy (non-hydrogen) atoms. The third-order valence-corrected chi connectivity index (χ3v) is 2.89. The molecule has 2 rings (SSSR count). The third-order valence-electron chi connectivity index (χ3n) is 2.07. The fourth-order valence-corrected chi connectivity index (χ4v) is 1.86. The van der Waals surface area contributed by atoms with Crippen LogP contribution in [-0.4, -0.2) is 19.7 Å². The smallest absolute Gasteiger partial charge is 0.358 e. The van der Waals surface area contributed by atoms with E-state index in [2.05, 4.69) is 10.1 Å². The van der Waals surface area contributed by atoms with Gasteiger partial charge in [0, 0.05) is 0 Å². The highest BCUT2D eigenvalue weighted by molar-refractivity contribution is 6.33. The molecule has 2 aromatic rings. The lowest BCUT2D eigenvalue weighted by Crippen LogP contribution is -2.04. The van der Waals surface area contributed by atoms with E-state index in [9.17, 15) is 10.1 Å². The highest BCUT2D eigenvalue weighted by atomic mass is 35.5. The monoisotopic (exact) mass is 306 g/mol. The van der Waals surface area contributed by atoms with Gasteiger partial charge in [0.05, 0.1) is 22.0 Å². The Labute approximate surface area is 116 Å². The fraction of sp³-hybridized carbons (Fsp3) is 0.111. The standard InChI is InChI=1S/C9H5Cl3N4O2/c10-5-1-2-8(12)13-7(5)4-15-3-6(11)9(14-15)16(17)18/h1-3H,4H2. The second-order valence-corrected chi connectivity index (χ2v) is 4.52. The Balaban J connectivity index is 2.31. The molecule has 0 fully saturated rings. The summed E-state index contributed by atoms with van der Waals surface area (Å²) in [6.45, 7) is 0.146. The van der Waals surface area contributed by atoms with E-state index in [1.807, 2.05) is 0 Å². The van der Waals surface area contributed by atoms with Crippen LogP contribution in [0.15, 0.2) is 18.3 Å². The molecular weight excluding hydrogens is 302 g/mol. The highest BCUT2D eigenvalue weighted by Gasteiger charge is 2.19. The number of nitro groups is 1. The predicted octanol–water partition coefficient (Wildman–Crippen LogP) is 3.19. The minimum Gasteiger partial charge on any atom is -0.358 e. The summed E-state index contributed by atoms with van der Waals surface area (Å²) in [5, 5.41) is 14.9. The number of nitrogens with zero attached hydrogens (tertiary/aromatic N) is 4. The molecule has 2 aromatic heterocycles. The fourth-order valence-electron chi connectivity index (χ4n) is 1.31. The molecular formula is C9H5Cl3N4O2. The average Bonchev–Trinajstić information content (AvgIpc) is 2.65. The summed E-state index contributed by atoms with van der Waals surface area (Å²) in [6.07, 6.45) is 1.33. The van der Waals surface area contributed by atoms with Crippen LogP contribution in [-0.2, 0) is 6.54 Å². The van der Waals surface area contributed by atoms with Crippen molar-refractivity contribution in [1.29, 1.82) is 0 Å². The van der Waals surface area contributed by atoms with Gasteiger partial charge in [0.2, 0.25) is 0 Å². The lowest BCUT2D eigenvalue weighted by atomic mass is 10.3. The second-order valence-electron chi connectivity index (χ2n) is 3.32. The first kappa shape index (κ1) is 13.1. The summed E-state index contributed by atoms with van der Waals surface area (Å²) in [4.78, 5) is 13.9. The van der Waals surface area contributed by atoms with Gasteiger partial charge in [-0.1, -0.05) is 34.8 Å².